The van der Waals surface area contributed by atoms with Crippen LogP contribution in [0.1, 0.15) is 12.0 Å². The lowest BCUT2D eigenvalue weighted by molar-refractivity contribution is 0.0376. The molecule has 2 rings (SSSR count). The van der Waals surface area contributed by atoms with Crippen LogP contribution in [0.3, 0.4) is 0 Å². The lowest BCUT2D eigenvalue weighted by Gasteiger charge is -2.26. The van der Waals surface area contributed by atoms with Crippen molar-refractivity contribution in [2.45, 2.75) is 6.42 Å². The van der Waals surface area contributed by atoms with Crippen molar-refractivity contribution in [3.05, 3.63) is 28.5 Å². The van der Waals surface area contributed by atoms with Gasteiger partial charge in [0.2, 0.25) is 0 Å². The summed E-state index contributed by atoms with van der Waals surface area (Å²) in [7, 11) is 0. The van der Waals surface area contributed by atoms with Crippen molar-refractivity contribution in [1.29, 1.82) is 0 Å². The fourth-order valence-electron chi connectivity index (χ4n) is 2.02. The summed E-state index contributed by atoms with van der Waals surface area (Å²) in [4.78, 5) is 6.13. The van der Waals surface area contributed by atoms with E-state index in [0.717, 1.165) is 56.4 Å². The maximum Gasteiger partial charge on any atom is 0.113 e. The molecule has 1 aromatic rings. The molecule has 1 aliphatic rings. The van der Waals surface area contributed by atoms with Crippen LogP contribution in [-0.2, 0) is 4.74 Å². The second-order valence-corrected chi connectivity index (χ2v) is 5.29. The monoisotopic (exact) mass is 297 g/mol. The van der Waals surface area contributed by atoms with Crippen molar-refractivity contribution in [3.63, 3.8) is 0 Å². The lowest BCUT2D eigenvalue weighted by atomic mass is 10.2. The van der Waals surface area contributed by atoms with Crippen molar-refractivity contribution < 1.29 is 4.74 Å². The Kier molecular flexibility index (Phi) is 5.91. The Hall–Kier alpha value is -0.820. The van der Waals surface area contributed by atoms with Crippen LogP contribution in [0.4, 0.5) is 0 Å². The van der Waals surface area contributed by atoms with Gasteiger partial charge in [0.05, 0.1) is 13.2 Å². The van der Waals surface area contributed by atoms with Gasteiger partial charge in [0, 0.05) is 31.4 Å². The number of nitrogens with zero attached hydrogens (tertiary/aromatic N) is 1. The van der Waals surface area contributed by atoms with E-state index < -0.39 is 0 Å². The molecule has 19 heavy (non-hydrogen) atoms. The Morgan fingerprint density at radius 1 is 1.42 bits per heavy atom. The van der Waals surface area contributed by atoms with E-state index in [1.165, 1.54) is 0 Å². The molecule has 0 spiro atoms. The van der Waals surface area contributed by atoms with Gasteiger partial charge in [-0.3, -0.25) is 4.90 Å². The first kappa shape index (κ1) is 14.6. The number of morpholine rings is 1. The van der Waals surface area contributed by atoms with Gasteiger partial charge in [-0.15, -0.1) is 0 Å². The molecule has 0 aromatic carbocycles. The van der Waals surface area contributed by atoms with Crippen LogP contribution in [0.15, 0.2) is 18.3 Å². The Morgan fingerprint density at radius 2 is 2.21 bits per heavy atom. The van der Waals surface area contributed by atoms with Crippen molar-refractivity contribution in [2.24, 2.45) is 0 Å². The van der Waals surface area contributed by atoms with E-state index in [4.69, 9.17) is 29.2 Å². The number of thiocarbonyl (C=S) groups is 1. The summed E-state index contributed by atoms with van der Waals surface area (Å²) in [5.41, 5.74) is 0.902. The van der Waals surface area contributed by atoms with E-state index in [9.17, 15) is 0 Å². The molecular weight excluding hydrogens is 278 g/mol. The molecule has 1 aliphatic heterocycles. The van der Waals surface area contributed by atoms with E-state index in [1.807, 2.05) is 18.3 Å². The standard InChI is InChI=1S/C13H19N3OS2/c18-12-11(3-1-4-14-12)13(19)15-5-2-6-16-7-9-17-10-8-16/h1,3-4H,2,5-10H2,(H,14,18)(H,15,19). The molecule has 0 aliphatic carbocycles. The Labute approximate surface area is 124 Å². The zero-order chi connectivity index (χ0) is 13.5. The molecule has 1 fully saturated rings. The molecule has 0 saturated carbocycles. The minimum Gasteiger partial charge on any atom is -0.379 e. The van der Waals surface area contributed by atoms with Crippen molar-refractivity contribution in [1.82, 2.24) is 15.2 Å². The van der Waals surface area contributed by atoms with Gasteiger partial charge in [-0.1, -0.05) is 24.4 Å². The quantitative estimate of drug-likeness (QED) is 0.640. The first-order valence-corrected chi connectivity index (χ1v) is 7.35. The molecule has 104 valence electrons. The Balaban J connectivity index is 1.69. The van der Waals surface area contributed by atoms with Gasteiger partial charge in [0.1, 0.15) is 9.63 Å². The lowest BCUT2D eigenvalue weighted by Crippen LogP contribution is -2.38. The molecule has 1 saturated heterocycles. The van der Waals surface area contributed by atoms with E-state index in [1.54, 1.807) is 0 Å². The molecule has 0 radical (unpaired) electrons. The smallest absolute Gasteiger partial charge is 0.113 e. The molecule has 6 heteroatoms. The number of aromatic nitrogens is 1. The van der Waals surface area contributed by atoms with Gasteiger partial charge >= 0.3 is 0 Å². The van der Waals surface area contributed by atoms with Crippen LogP contribution >= 0.6 is 24.4 Å². The van der Waals surface area contributed by atoms with Gasteiger partial charge in [-0.2, -0.15) is 0 Å². The average Bonchev–Trinajstić information content (AvgIpc) is 2.45. The van der Waals surface area contributed by atoms with E-state index in [2.05, 4.69) is 15.2 Å². The highest BCUT2D eigenvalue weighted by atomic mass is 32.1. The first-order chi connectivity index (χ1) is 9.27. The number of nitrogens with one attached hydrogen (secondary N) is 2. The highest BCUT2D eigenvalue weighted by Crippen LogP contribution is 2.01. The normalized spacial score (nSPS) is 16.2. The second-order valence-electron chi connectivity index (χ2n) is 4.48. The second kappa shape index (κ2) is 7.69. The van der Waals surface area contributed by atoms with Crippen molar-refractivity contribution in [3.8, 4) is 0 Å². The largest absolute Gasteiger partial charge is 0.379 e. The summed E-state index contributed by atoms with van der Waals surface area (Å²) >= 11 is 10.6. The van der Waals surface area contributed by atoms with Crippen molar-refractivity contribution >= 4 is 29.4 Å². The number of hydrogen-bond donors (Lipinski definition) is 2. The topological polar surface area (TPSA) is 40.3 Å². The summed E-state index contributed by atoms with van der Waals surface area (Å²) < 4.78 is 6.01. The number of H-pyrrole nitrogens is 1. The van der Waals surface area contributed by atoms with Gasteiger partial charge in [-0.05, 0) is 25.1 Å². The third-order valence-corrected chi connectivity index (χ3v) is 3.81. The predicted molar refractivity (Wildman–Crippen MR) is 83.2 cm³/mol. The summed E-state index contributed by atoms with van der Waals surface area (Å²) in [6, 6.07) is 3.85. The zero-order valence-corrected chi connectivity index (χ0v) is 12.5. The maximum atomic E-state index is 5.35. The van der Waals surface area contributed by atoms with Crippen LogP contribution in [-0.4, -0.2) is 54.3 Å². The number of rotatable bonds is 5. The molecule has 0 unspecified atom stereocenters. The number of ether oxygens (including phenoxy) is 1. The molecule has 4 nitrogen and oxygen atoms in total. The molecular formula is C13H19N3OS2. The molecule has 0 amide bonds. The van der Waals surface area contributed by atoms with Crippen LogP contribution < -0.4 is 5.32 Å². The van der Waals surface area contributed by atoms with Gasteiger partial charge in [0.25, 0.3) is 0 Å². The predicted octanol–water partition coefficient (Wildman–Crippen LogP) is 1.73. The zero-order valence-electron chi connectivity index (χ0n) is 10.9. The van der Waals surface area contributed by atoms with Crippen LogP contribution in [0, 0.1) is 4.64 Å². The molecule has 1 aromatic heterocycles. The summed E-state index contributed by atoms with van der Waals surface area (Å²) in [6.45, 7) is 5.74. The number of aromatic amines is 1. The third kappa shape index (κ3) is 4.65. The van der Waals surface area contributed by atoms with Gasteiger partial charge in [0.15, 0.2) is 0 Å². The molecule has 2 heterocycles. The molecule has 0 atom stereocenters. The van der Waals surface area contributed by atoms with Crippen LogP contribution in [0.25, 0.3) is 0 Å². The Bertz CT molecular complexity index is 469. The molecule has 0 bridgehead atoms. The minimum atomic E-state index is 0.688. The third-order valence-electron chi connectivity index (χ3n) is 3.10. The van der Waals surface area contributed by atoms with Crippen LogP contribution in [0.2, 0.25) is 0 Å². The Morgan fingerprint density at radius 3 is 2.95 bits per heavy atom. The number of hydrogen-bond acceptors (Lipinski definition) is 4. The average molecular weight is 297 g/mol. The highest BCUT2D eigenvalue weighted by molar-refractivity contribution is 7.80. The van der Waals surface area contributed by atoms with Gasteiger partial charge < -0.3 is 15.0 Å². The number of pyridine rings is 1. The van der Waals surface area contributed by atoms with E-state index in [0.29, 0.717) is 4.64 Å². The summed E-state index contributed by atoms with van der Waals surface area (Å²) in [5, 5.41) is 3.27. The van der Waals surface area contributed by atoms with E-state index >= 15 is 0 Å². The maximum absolute atomic E-state index is 5.35. The fourth-order valence-corrected chi connectivity index (χ4v) is 2.60. The summed E-state index contributed by atoms with van der Waals surface area (Å²) in [5.74, 6) is 0. The van der Waals surface area contributed by atoms with Crippen molar-refractivity contribution in [2.75, 3.05) is 39.4 Å². The molecule has 2 N–H and O–H groups in total. The highest BCUT2D eigenvalue weighted by Gasteiger charge is 2.09. The van der Waals surface area contributed by atoms with Crippen LogP contribution in [0.5, 0.6) is 0 Å². The fraction of sp³-hybridized carbons (Fsp3) is 0.538. The SMILES string of the molecule is S=C(NCCCN1CCOCC1)c1ccc[nH]c1=S. The van der Waals surface area contributed by atoms with Gasteiger partial charge in [-0.25, -0.2) is 0 Å². The minimum absolute atomic E-state index is 0.688. The summed E-state index contributed by atoms with van der Waals surface area (Å²) in [6.07, 6.45) is 2.89. The van der Waals surface area contributed by atoms with E-state index in [-0.39, 0.29) is 0 Å². The first-order valence-electron chi connectivity index (χ1n) is 6.53.